The molecule has 2 atom stereocenters. The van der Waals surface area contributed by atoms with Gasteiger partial charge in [0.15, 0.2) is 5.82 Å². The van der Waals surface area contributed by atoms with E-state index in [2.05, 4.69) is 32.2 Å². The number of ether oxygens (including phenoxy) is 1. The SMILES string of the molecule is CC1CC(c2ncc(-c3nc(NC4CCN(C(=O)c5ccccc5)CC4)ncc3F)[nH]2)CCO1. The average molecular weight is 465 g/mol. The van der Waals surface area contributed by atoms with Crippen molar-refractivity contribution in [3.05, 3.63) is 59.9 Å². The summed E-state index contributed by atoms with van der Waals surface area (Å²) in [6.07, 6.45) is 6.33. The van der Waals surface area contributed by atoms with Crippen LogP contribution < -0.4 is 5.32 Å². The lowest BCUT2D eigenvalue weighted by Crippen LogP contribution is -2.42. The Hall–Kier alpha value is -3.33. The third kappa shape index (κ3) is 4.94. The summed E-state index contributed by atoms with van der Waals surface area (Å²) in [5.41, 5.74) is 1.45. The molecule has 0 spiro atoms. The smallest absolute Gasteiger partial charge is 0.253 e. The van der Waals surface area contributed by atoms with E-state index in [4.69, 9.17) is 4.74 Å². The molecule has 1 aromatic carbocycles. The summed E-state index contributed by atoms with van der Waals surface area (Å²) in [5, 5.41) is 3.32. The standard InChI is InChI=1S/C25H29FN6O2/c1-16-13-18(9-12-34-16)23-27-15-21(30-23)22-20(26)14-28-25(31-22)29-19-7-10-32(11-8-19)24(33)17-5-3-2-4-6-17/h2-6,14-16,18-19H,7-13H2,1H3,(H,27,30)(H,28,29,31). The molecule has 0 bridgehead atoms. The maximum atomic E-state index is 14.6. The molecule has 9 heteroatoms. The largest absolute Gasteiger partial charge is 0.378 e. The van der Waals surface area contributed by atoms with Crippen molar-refractivity contribution in [2.75, 3.05) is 25.0 Å². The van der Waals surface area contributed by atoms with E-state index in [1.54, 1.807) is 6.20 Å². The van der Waals surface area contributed by atoms with Crippen LogP contribution in [-0.2, 0) is 4.74 Å². The van der Waals surface area contributed by atoms with E-state index in [0.717, 1.165) is 31.5 Å². The Morgan fingerprint density at radius 3 is 2.71 bits per heavy atom. The Labute approximate surface area is 198 Å². The van der Waals surface area contributed by atoms with Gasteiger partial charge in [-0.25, -0.2) is 19.3 Å². The maximum Gasteiger partial charge on any atom is 0.253 e. The lowest BCUT2D eigenvalue weighted by atomic mass is 9.96. The van der Waals surface area contributed by atoms with E-state index in [0.29, 0.717) is 36.9 Å². The van der Waals surface area contributed by atoms with Crippen LogP contribution in [0.15, 0.2) is 42.7 Å². The van der Waals surface area contributed by atoms with Crippen LogP contribution in [0.3, 0.4) is 0 Å². The Balaban J connectivity index is 1.22. The number of benzene rings is 1. The van der Waals surface area contributed by atoms with Gasteiger partial charge in [0, 0.05) is 37.2 Å². The molecule has 0 aliphatic carbocycles. The van der Waals surface area contributed by atoms with Crippen LogP contribution in [0.4, 0.5) is 10.3 Å². The van der Waals surface area contributed by atoms with E-state index >= 15 is 0 Å². The number of nitrogens with zero attached hydrogens (tertiary/aromatic N) is 4. The lowest BCUT2D eigenvalue weighted by molar-refractivity contribution is 0.0174. The first kappa shape index (κ1) is 22.5. The van der Waals surface area contributed by atoms with Crippen LogP contribution >= 0.6 is 0 Å². The summed E-state index contributed by atoms with van der Waals surface area (Å²) >= 11 is 0. The Morgan fingerprint density at radius 1 is 1.15 bits per heavy atom. The Bertz CT molecular complexity index is 1130. The van der Waals surface area contributed by atoms with Crippen LogP contribution in [0, 0.1) is 5.82 Å². The second kappa shape index (κ2) is 9.89. The minimum atomic E-state index is -0.496. The fourth-order valence-electron chi connectivity index (χ4n) is 4.71. The summed E-state index contributed by atoms with van der Waals surface area (Å²) in [7, 11) is 0. The number of H-pyrrole nitrogens is 1. The molecule has 2 aromatic heterocycles. The zero-order valence-electron chi connectivity index (χ0n) is 19.2. The number of anilines is 1. The minimum absolute atomic E-state index is 0.0494. The van der Waals surface area contributed by atoms with Crippen molar-refractivity contribution >= 4 is 11.9 Å². The molecule has 0 saturated carbocycles. The molecule has 1 amide bonds. The Kier molecular flexibility index (Phi) is 6.53. The zero-order chi connectivity index (χ0) is 23.5. The number of likely N-dealkylation sites (tertiary alicyclic amines) is 1. The second-order valence-corrected chi connectivity index (χ2v) is 9.05. The molecule has 5 rings (SSSR count). The molecule has 2 fully saturated rings. The number of aromatic amines is 1. The van der Waals surface area contributed by atoms with Crippen molar-refractivity contribution in [1.82, 2.24) is 24.8 Å². The fraction of sp³-hybridized carbons (Fsp3) is 0.440. The predicted octanol–water partition coefficient (Wildman–Crippen LogP) is 4.01. The van der Waals surface area contributed by atoms with E-state index in [-0.39, 0.29) is 29.7 Å². The third-order valence-corrected chi connectivity index (χ3v) is 6.60. The molecule has 2 N–H and O–H groups in total. The van der Waals surface area contributed by atoms with Gasteiger partial charge in [-0.3, -0.25) is 4.79 Å². The highest BCUT2D eigenvalue weighted by molar-refractivity contribution is 5.94. The molecule has 2 saturated heterocycles. The van der Waals surface area contributed by atoms with Gasteiger partial charge in [-0.15, -0.1) is 0 Å². The van der Waals surface area contributed by atoms with Gasteiger partial charge < -0.3 is 19.9 Å². The van der Waals surface area contributed by atoms with Gasteiger partial charge in [0.1, 0.15) is 11.5 Å². The monoisotopic (exact) mass is 464 g/mol. The first-order chi connectivity index (χ1) is 16.6. The lowest BCUT2D eigenvalue weighted by Gasteiger charge is -2.32. The minimum Gasteiger partial charge on any atom is -0.378 e. The van der Waals surface area contributed by atoms with Gasteiger partial charge >= 0.3 is 0 Å². The van der Waals surface area contributed by atoms with Gasteiger partial charge in [0.25, 0.3) is 5.91 Å². The number of hydrogen-bond donors (Lipinski definition) is 2. The van der Waals surface area contributed by atoms with Crippen molar-refractivity contribution in [3.8, 4) is 11.4 Å². The van der Waals surface area contributed by atoms with Crippen molar-refractivity contribution in [2.45, 2.75) is 50.7 Å². The van der Waals surface area contributed by atoms with Gasteiger partial charge in [-0.2, -0.15) is 0 Å². The molecular formula is C25H29FN6O2. The number of piperidine rings is 1. The highest BCUT2D eigenvalue weighted by Gasteiger charge is 2.26. The van der Waals surface area contributed by atoms with Crippen LogP contribution in [0.25, 0.3) is 11.4 Å². The maximum absolute atomic E-state index is 14.6. The summed E-state index contributed by atoms with van der Waals surface area (Å²) in [4.78, 5) is 30.9. The third-order valence-electron chi connectivity index (χ3n) is 6.60. The summed E-state index contributed by atoms with van der Waals surface area (Å²) in [6.45, 7) is 4.05. The predicted molar refractivity (Wildman–Crippen MR) is 126 cm³/mol. The molecule has 2 aliphatic heterocycles. The van der Waals surface area contributed by atoms with E-state index in [1.807, 2.05) is 35.2 Å². The van der Waals surface area contributed by atoms with Gasteiger partial charge in [0.05, 0.1) is 24.2 Å². The molecule has 3 aromatic rings. The number of hydrogen-bond acceptors (Lipinski definition) is 6. The molecule has 8 nitrogen and oxygen atoms in total. The van der Waals surface area contributed by atoms with Crippen LogP contribution in [0.2, 0.25) is 0 Å². The zero-order valence-corrected chi connectivity index (χ0v) is 19.2. The molecule has 178 valence electrons. The van der Waals surface area contributed by atoms with Gasteiger partial charge in [0.2, 0.25) is 5.95 Å². The summed E-state index contributed by atoms with van der Waals surface area (Å²) in [5.74, 6) is 1.04. The number of amides is 1. The van der Waals surface area contributed by atoms with Crippen LogP contribution in [0.5, 0.6) is 0 Å². The van der Waals surface area contributed by atoms with Crippen molar-refractivity contribution < 1.29 is 13.9 Å². The topological polar surface area (TPSA) is 96.0 Å². The highest BCUT2D eigenvalue weighted by Crippen LogP contribution is 2.30. The number of imidazole rings is 1. The number of aromatic nitrogens is 4. The molecule has 0 radical (unpaired) electrons. The van der Waals surface area contributed by atoms with Crippen molar-refractivity contribution in [2.24, 2.45) is 0 Å². The van der Waals surface area contributed by atoms with Gasteiger partial charge in [-0.1, -0.05) is 18.2 Å². The van der Waals surface area contributed by atoms with Crippen LogP contribution in [-0.4, -0.2) is 62.6 Å². The first-order valence-electron chi connectivity index (χ1n) is 11.9. The molecule has 2 unspecified atom stereocenters. The number of carbonyl (C=O) groups excluding carboxylic acids is 1. The molecule has 2 aliphatic rings. The number of rotatable bonds is 5. The van der Waals surface area contributed by atoms with E-state index in [1.165, 1.54) is 6.20 Å². The molecule has 4 heterocycles. The fourth-order valence-corrected chi connectivity index (χ4v) is 4.71. The highest BCUT2D eigenvalue weighted by atomic mass is 19.1. The van der Waals surface area contributed by atoms with Crippen molar-refractivity contribution in [3.63, 3.8) is 0 Å². The quantitative estimate of drug-likeness (QED) is 0.593. The number of carbonyl (C=O) groups is 1. The normalized spacial score (nSPS) is 21.4. The van der Waals surface area contributed by atoms with Gasteiger partial charge in [-0.05, 0) is 44.7 Å². The first-order valence-corrected chi connectivity index (χ1v) is 11.9. The number of halogens is 1. The number of nitrogens with one attached hydrogen (secondary N) is 2. The molecular weight excluding hydrogens is 435 g/mol. The van der Waals surface area contributed by atoms with Crippen molar-refractivity contribution in [1.29, 1.82) is 0 Å². The molecule has 34 heavy (non-hydrogen) atoms. The average Bonchev–Trinajstić information content (AvgIpc) is 3.36. The summed E-state index contributed by atoms with van der Waals surface area (Å²) in [6, 6.07) is 9.43. The van der Waals surface area contributed by atoms with E-state index < -0.39 is 5.82 Å². The Morgan fingerprint density at radius 2 is 1.94 bits per heavy atom. The summed E-state index contributed by atoms with van der Waals surface area (Å²) < 4.78 is 20.2. The van der Waals surface area contributed by atoms with Crippen LogP contribution in [0.1, 0.15) is 54.7 Å². The van der Waals surface area contributed by atoms with E-state index in [9.17, 15) is 9.18 Å². The second-order valence-electron chi connectivity index (χ2n) is 9.05.